The van der Waals surface area contributed by atoms with E-state index in [1.807, 2.05) is 18.2 Å². The molecule has 1 aliphatic carbocycles. The van der Waals surface area contributed by atoms with Crippen LogP contribution >= 0.6 is 0 Å². The predicted octanol–water partition coefficient (Wildman–Crippen LogP) is 4.81. The van der Waals surface area contributed by atoms with Gasteiger partial charge in [-0.25, -0.2) is 0 Å². The van der Waals surface area contributed by atoms with E-state index in [9.17, 15) is 0 Å². The van der Waals surface area contributed by atoms with E-state index in [4.69, 9.17) is 9.47 Å². The number of azo groups is 1. The summed E-state index contributed by atoms with van der Waals surface area (Å²) < 4.78 is 11.5. The Morgan fingerprint density at radius 1 is 1.12 bits per heavy atom. The Bertz CT molecular complexity index is 876. The third-order valence-electron chi connectivity index (χ3n) is 6.05. The van der Waals surface area contributed by atoms with Crippen molar-refractivity contribution in [2.24, 2.45) is 10.2 Å². The van der Waals surface area contributed by atoms with E-state index in [0.29, 0.717) is 30.9 Å². The zero-order chi connectivity index (χ0) is 22.0. The van der Waals surface area contributed by atoms with E-state index in [-0.39, 0.29) is 0 Å². The lowest BCUT2D eigenvalue weighted by atomic mass is 9.96. The van der Waals surface area contributed by atoms with Crippen LogP contribution in [0.4, 0.5) is 11.5 Å². The number of pyridine rings is 1. The maximum absolute atomic E-state index is 6.02. The molecular formula is C25H35N5O2. The molecular weight excluding hydrogens is 402 g/mol. The Hall–Kier alpha value is -2.51. The molecule has 1 saturated heterocycles. The molecule has 1 aromatic carbocycles. The van der Waals surface area contributed by atoms with Gasteiger partial charge in [0.1, 0.15) is 6.61 Å². The van der Waals surface area contributed by atoms with Crippen molar-refractivity contribution in [3.63, 3.8) is 0 Å². The second kappa shape index (κ2) is 11.9. The maximum Gasteiger partial charge on any atom is 0.217 e. The minimum Gasteiger partial charge on any atom is -0.476 e. The molecule has 1 aliphatic heterocycles. The largest absolute Gasteiger partial charge is 0.476 e. The normalized spacial score (nSPS) is 17.7. The Balaban J connectivity index is 1.39. The van der Waals surface area contributed by atoms with Crippen molar-refractivity contribution in [3.05, 3.63) is 47.5 Å². The standard InChI is InChI=1S/C25H35N5O2/c1-20-6-5-7-21(16-20)19-27-29-24-17-23(30-11-14-31-15-12-30)18-25(28-24)32-13-10-26-22-8-3-2-4-9-22/h5-7,16-18,22,26H,2-4,8-15,19H2,1H3. The Morgan fingerprint density at radius 2 is 1.97 bits per heavy atom. The zero-order valence-corrected chi connectivity index (χ0v) is 19.1. The summed E-state index contributed by atoms with van der Waals surface area (Å²) in [6, 6.07) is 12.9. The zero-order valence-electron chi connectivity index (χ0n) is 19.1. The highest BCUT2D eigenvalue weighted by molar-refractivity contribution is 5.55. The van der Waals surface area contributed by atoms with Crippen LogP contribution in [0.1, 0.15) is 43.2 Å². The molecule has 1 aromatic heterocycles. The van der Waals surface area contributed by atoms with Gasteiger partial charge in [0.15, 0.2) is 5.82 Å². The summed E-state index contributed by atoms with van der Waals surface area (Å²) in [5.74, 6) is 1.18. The highest BCUT2D eigenvalue weighted by Crippen LogP contribution is 2.26. The quantitative estimate of drug-likeness (QED) is 0.450. The van der Waals surface area contributed by atoms with E-state index < -0.39 is 0 Å². The number of aromatic nitrogens is 1. The number of nitrogens with one attached hydrogen (secondary N) is 1. The van der Waals surface area contributed by atoms with Gasteiger partial charge in [0.25, 0.3) is 0 Å². The summed E-state index contributed by atoms with van der Waals surface area (Å²) in [5, 5.41) is 12.4. The topological polar surface area (TPSA) is 71.3 Å². The number of aryl methyl sites for hydroxylation is 1. The summed E-state index contributed by atoms with van der Waals surface area (Å²) in [7, 11) is 0. The minimum absolute atomic E-state index is 0.534. The lowest BCUT2D eigenvalue weighted by Crippen LogP contribution is -2.36. The Kier molecular flexibility index (Phi) is 8.45. The van der Waals surface area contributed by atoms with Gasteiger partial charge in [0.2, 0.25) is 5.88 Å². The van der Waals surface area contributed by atoms with E-state index >= 15 is 0 Å². The van der Waals surface area contributed by atoms with Crippen molar-refractivity contribution < 1.29 is 9.47 Å². The van der Waals surface area contributed by atoms with Gasteiger partial charge in [-0.2, -0.15) is 10.1 Å². The molecule has 0 bridgehead atoms. The summed E-state index contributed by atoms with van der Waals surface area (Å²) in [4.78, 5) is 6.88. The van der Waals surface area contributed by atoms with Gasteiger partial charge in [0.05, 0.1) is 19.8 Å². The summed E-state index contributed by atoms with van der Waals surface area (Å²) in [6.07, 6.45) is 6.58. The molecule has 0 atom stereocenters. The molecule has 7 heteroatoms. The van der Waals surface area contributed by atoms with E-state index in [1.165, 1.54) is 37.7 Å². The third kappa shape index (κ3) is 7.00. The summed E-state index contributed by atoms with van der Waals surface area (Å²) >= 11 is 0. The highest BCUT2D eigenvalue weighted by atomic mass is 16.5. The van der Waals surface area contributed by atoms with Crippen molar-refractivity contribution in [1.29, 1.82) is 0 Å². The average Bonchev–Trinajstić information content (AvgIpc) is 2.83. The maximum atomic E-state index is 6.02. The minimum atomic E-state index is 0.534. The van der Waals surface area contributed by atoms with E-state index in [1.54, 1.807) is 0 Å². The van der Waals surface area contributed by atoms with Gasteiger partial charge >= 0.3 is 0 Å². The molecule has 4 rings (SSSR count). The number of ether oxygens (including phenoxy) is 2. The van der Waals surface area contributed by atoms with Crippen LogP contribution in [0.5, 0.6) is 5.88 Å². The fourth-order valence-electron chi connectivity index (χ4n) is 4.33. The van der Waals surface area contributed by atoms with Crippen molar-refractivity contribution in [2.45, 2.75) is 51.6 Å². The second-order valence-electron chi connectivity index (χ2n) is 8.65. The lowest BCUT2D eigenvalue weighted by molar-refractivity contribution is 0.122. The van der Waals surface area contributed by atoms with E-state index in [2.05, 4.69) is 50.6 Å². The van der Waals surface area contributed by atoms with E-state index in [0.717, 1.165) is 44.1 Å². The molecule has 32 heavy (non-hydrogen) atoms. The van der Waals surface area contributed by atoms with Gasteiger partial charge in [-0.3, -0.25) is 0 Å². The van der Waals surface area contributed by atoms with Gasteiger partial charge < -0.3 is 19.7 Å². The monoisotopic (exact) mass is 437 g/mol. The molecule has 0 amide bonds. The molecule has 0 radical (unpaired) electrons. The summed E-state index contributed by atoms with van der Waals surface area (Å²) in [6.45, 7) is 7.21. The van der Waals surface area contributed by atoms with Crippen LogP contribution < -0.4 is 15.0 Å². The fraction of sp³-hybridized carbons (Fsp3) is 0.560. The predicted molar refractivity (Wildman–Crippen MR) is 127 cm³/mol. The second-order valence-corrected chi connectivity index (χ2v) is 8.65. The van der Waals surface area contributed by atoms with Gasteiger partial charge in [-0.05, 0) is 25.3 Å². The molecule has 1 N–H and O–H groups in total. The molecule has 1 saturated carbocycles. The van der Waals surface area contributed by atoms with Crippen LogP contribution in [0.2, 0.25) is 0 Å². The lowest BCUT2D eigenvalue weighted by Gasteiger charge is -2.29. The van der Waals surface area contributed by atoms with Crippen LogP contribution in [0.25, 0.3) is 0 Å². The number of morpholine rings is 1. The summed E-state index contributed by atoms with van der Waals surface area (Å²) in [5.41, 5.74) is 3.43. The first-order valence-corrected chi connectivity index (χ1v) is 11.9. The Labute approximate surface area is 191 Å². The van der Waals surface area contributed by atoms with Crippen LogP contribution in [-0.2, 0) is 11.3 Å². The molecule has 0 unspecified atom stereocenters. The van der Waals surface area contributed by atoms with Crippen LogP contribution in [0.3, 0.4) is 0 Å². The molecule has 2 fully saturated rings. The van der Waals surface area contributed by atoms with Gasteiger partial charge in [0, 0.05) is 43.5 Å². The molecule has 0 spiro atoms. The first-order chi connectivity index (χ1) is 15.8. The molecule has 172 valence electrons. The number of nitrogens with zero attached hydrogens (tertiary/aromatic N) is 4. The van der Waals surface area contributed by atoms with Gasteiger partial charge in [-0.1, -0.05) is 49.1 Å². The molecule has 7 nitrogen and oxygen atoms in total. The van der Waals surface area contributed by atoms with Crippen LogP contribution in [0, 0.1) is 6.92 Å². The average molecular weight is 438 g/mol. The van der Waals surface area contributed by atoms with Crippen molar-refractivity contribution in [3.8, 4) is 5.88 Å². The number of benzene rings is 1. The SMILES string of the molecule is Cc1cccc(CN=Nc2cc(N3CCOCC3)cc(OCCNC3CCCCC3)n2)c1. The number of hydrogen-bond donors (Lipinski definition) is 1. The van der Waals surface area contributed by atoms with Gasteiger partial charge in [-0.15, -0.1) is 5.11 Å². The van der Waals surface area contributed by atoms with Crippen LogP contribution in [-0.4, -0.2) is 50.5 Å². The van der Waals surface area contributed by atoms with Crippen molar-refractivity contribution in [2.75, 3.05) is 44.4 Å². The Morgan fingerprint density at radius 3 is 2.78 bits per heavy atom. The number of rotatable bonds is 9. The molecule has 2 aliphatic rings. The fourth-order valence-corrected chi connectivity index (χ4v) is 4.33. The molecule has 2 heterocycles. The highest BCUT2D eigenvalue weighted by Gasteiger charge is 2.15. The first kappa shape index (κ1) is 22.7. The smallest absolute Gasteiger partial charge is 0.217 e. The van der Waals surface area contributed by atoms with Crippen LogP contribution in [0.15, 0.2) is 46.6 Å². The number of hydrogen-bond acceptors (Lipinski definition) is 7. The third-order valence-corrected chi connectivity index (χ3v) is 6.05. The first-order valence-electron chi connectivity index (χ1n) is 11.9. The number of anilines is 1. The van der Waals surface area contributed by atoms with Crippen molar-refractivity contribution in [1.82, 2.24) is 10.3 Å². The molecule has 2 aromatic rings. The van der Waals surface area contributed by atoms with Crippen molar-refractivity contribution >= 4 is 11.5 Å².